The standard InChI is InChI=1S/C43H47N5O5/c1-43(2,3)53-42(52)46-38(30-13-8-6-9-14-30)40(50)44-33-21-19-29(20-22-33)35-27-32-25-28(18-23-34(32)45-35)26-37(49)36-17-12-24-48(36)41(51)39(47(4)5)31-15-10-7-11-16-31/h6-11,13-16,18-23,25,27,36,38-39,45H,12,17,24,26H2,1-5H3,(H,44,50)(H,46,52)/t36-,38-,39+/m0/s1. The number of likely N-dealkylation sites (N-methyl/N-ethyl adjacent to an activating group) is 1. The van der Waals surface area contributed by atoms with Gasteiger partial charge in [0.15, 0.2) is 5.78 Å². The lowest BCUT2D eigenvalue weighted by Crippen LogP contribution is -2.46. The van der Waals surface area contributed by atoms with Crippen molar-refractivity contribution in [1.82, 2.24) is 20.1 Å². The van der Waals surface area contributed by atoms with Gasteiger partial charge >= 0.3 is 6.09 Å². The number of nitrogens with one attached hydrogen (secondary N) is 3. The van der Waals surface area contributed by atoms with Crippen LogP contribution in [-0.4, -0.2) is 70.8 Å². The van der Waals surface area contributed by atoms with Gasteiger partial charge in [-0.25, -0.2) is 4.79 Å². The average molecular weight is 714 g/mol. The van der Waals surface area contributed by atoms with E-state index in [1.54, 1.807) is 37.8 Å². The number of fused-ring (bicyclic) bond motifs is 1. The van der Waals surface area contributed by atoms with E-state index in [0.717, 1.165) is 39.7 Å². The molecule has 1 fully saturated rings. The van der Waals surface area contributed by atoms with Gasteiger partial charge in [0.2, 0.25) is 5.91 Å². The summed E-state index contributed by atoms with van der Waals surface area (Å²) in [5, 5.41) is 6.58. The van der Waals surface area contributed by atoms with Crippen LogP contribution < -0.4 is 10.6 Å². The highest BCUT2D eigenvalue weighted by Gasteiger charge is 2.38. The highest BCUT2D eigenvalue weighted by Crippen LogP contribution is 2.30. The first-order valence-electron chi connectivity index (χ1n) is 18.0. The van der Waals surface area contributed by atoms with Gasteiger partial charge in [0.05, 0.1) is 6.04 Å². The number of benzene rings is 4. The molecule has 0 unspecified atom stereocenters. The molecule has 0 bridgehead atoms. The second-order valence-corrected chi connectivity index (χ2v) is 14.8. The fourth-order valence-electron chi connectivity index (χ4n) is 6.90. The first-order chi connectivity index (χ1) is 25.4. The predicted octanol–water partition coefficient (Wildman–Crippen LogP) is 7.44. The molecule has 5 aromatic rings. The van der Waals surface area contributed by atoms with Crippen LogP contribution in [0.25, 0.3) is 22.2 Å². The van der Waals surface area contributed by atoms with E-state index in [2.05, 4.69) is 15.6 Å². The number of hydrogen-bond donors (Lipinski definition) is 3. The lowest BCUT2D eigenvalue weighted by Gasteiger charge is -2.31. The van der Waals surface area contributed by atoms with E-state index >= 15 is 0 Å². The summed E-state index contributed by atoms with van der Waals surface area (Å²) in [5.41, 5.74) is 5.03. The molecule has 10 heteroatoms. The Balaban J connectivity index is 1.12. The molecule has 1 aromatic heterocycles. The highest BCUT2D eigenvalue weighted by atomic mass is 16.6. The minimum atomic E-state index is -0.956. The Kier molecular flexibility index (Phi) is 11.1. The van der Waals surface area contributed by atoms with Crippen LogP contribution >= 0.6 is 0 Å². The van der Waals surface area contributed by atoms with E-state index in [0.29, 0.717) is 24.2 Å². The molecular formula is C43H47N5O5. The van der Waals surface area contributed by atoms with Crippen molar-refractivity contribution in [3.63, 3.8) is 0 Å². The maximum absolute atomic E-state index is 13.8. The van der Waals surface area contributed by atoms with Crippen molar-refractivity contribution < 1.29 is 23.9 Å². The van der Waals surface area contributed by atoms with Gasteiger partial charge in [-0.1, -0.05) is 78.9 Å². The van der Waals surface area contributed by atoms with Crippen molar-refractivity contribution >= 4 is 40.3 Å². The maximum atomic E-state index is 13.8. The van der Waals surface area contributed by atoms with Crippen LogP contribution in [-0.2, 0) is 25.5 Å². The average Bonchev–Trinajstić information content (AvgIpc) is 3.79. The maximum Gasteiger partial charge on any atom is 0.408 e. The number of carbonyl (C=O) groups excluding carboxylic acids is 4. The van der Waals surface area contributed by atoms with Crippen LogP contribution in [0.2, 0.25) is 0 Å². The minimum absolute atomic E-state index is 0.0400. The Morgan fingerprint density at radius 1 is 0.868 bits per heavy atom. The first kappa shape index (κ1) is 37.0. The third kappa shape index (κ3) is 9.02. The molecule has 4 aromatic carbocycles. The van der Waals surface area contributed by atoms with Gasteiger partial charge in [-0.3, -0.25) is 19.3 Å². The van der Waals surface area contributed by atoms with Crippen LogP contribution in [0.15, 0.2) is 109 Å². The zero-order valence-electron chi connectivity index (χ0n) is 30.9. The number of likely N-dealkylation sites (tertiary alicyclic amines) is 1. The molecule has 10 nitrogen and oxygen atoms in total. The number of alkyl carbamates (subject to hydrolysis) is 1. The molecule has 1 saturated heterocycles. The SMILES string of the molecule is CN(C)[C@@H](C(=O)N1CCC[C@H]1C(=O)Cc1ccc2[nH]c(-c3ccc(NC(=O)[C@@H](NC(=O)OC(C)(C)C)c4ccccc4)cc3)cc2c1)c1ccccc1. The number of H-pyrrole nitrogens is 1. The van der Waals surface area contributed by atoms with Gasteiger partial charge in [0.25, 0.3) is 5.91 Å². The van der Waals surface area contributed by atoms with E-state index in [1.165, 1.54) is 0 Å². The summed E-state index contributed by atoms with van der Waals surface area (Å²) in [6.45, 7) is 5.87. The predicted molar refractivity (Wildman–Crippen MR) is 207 cm³/mol. The molecule has 0 aliphatic carbocycles. The van der Waals surface area contributed by atoms with E-state index in [-0.39, 0.29) is 18.1 Å². The van der Waals surface area contributed by atoms with Gasteiger partial charge in [0, 0.05) is 35.2 Å². The van der Waals surface area contributed by atoms with Crippen molar-refractivity contribution in [2.45, 2.75) is 63.8 Å². The minimum Gasteiger partial charge on any atom is -0.444 e. The third-order valence-corrected chi connectivity index (χ3v) is 9.36. The fraction of sp³-hybridized carbons (Fsp3) is 0.302. The van der Waals surface area contributed by atoms with Gasteiger partial charge in [-0.05, 0) is 100 Å². The molecule has 0 radical (unpaired) electrons. The van der Waals surface area contributed by atoms with Crippen LogP contribution in [0.5, 0.6) is 0 Å². The van der Waals surface area contributed by atoms with E-state index < -0.39 is 35.7 Å². The summed E-state index contributed by atoms with van der Waals surface area (Å²) >= 11 is 0. The quantitative estimate of drug-likeness (QED) is 0.131. The summed E-state index contributed by atoms with van der Waals surface area (Å²) < 4.78 is 5.40. The molecule has 3 N–H and O–H groups in total. The Bertz CT molecular complexity index is 2070. The number of ether oxygens (including phenoxy) is 1. The summed E-state index contributed by atoms with van der Waals surface area (Å²) in [5.74, 6) is -0.395. The number of nitrogens with zero attached hydrogens (tertiary/aromatic N) is 2. The smallest absolute Gasteiger partial charge is 0.408 e. The number of anilines is 1. The zero-order chi connectivity index (χ0) is 37.7. The van der Waals surface area contributed by atoms with Crippen molar-refractivity contribution in [2.75, 3.05) is 26.0 Å². The molecule has 6 rings (SSSR count). The second-order valence-electron chi connectivity index (χ2n) is 14.8. The molecule has 0 saturated carbocycles. The van der Waals surface area contributed by atoms with Gasteiger partial charge < -0.3 is 25.3 Å². The Hall–Kier alpha value is -5.74. The molecule has 53 heavy (non-hydrogen) atoms. The van der Waals surface area contributed by atoms with E-state index in [1.807, 2.05) is 116 Å². The first-order valence-corrected chi connectivity index (χ1v) is 18.0. The molecule has 3 amide bonds. The van der Waals surface area contributed by atoms with Gasteiger partial charge in [-0.2, -0.15) is 0 Å². The van der Waals surface area contributed by atoms with Crippen LogP contribution in [0, 0.1) is 0 Å². The number of aromatic amines is 1. The lowest BCUT2D eigenvalue weighted by molar-refractivity contribution is -0.141. The number of rotatable bonds is 11. The van der Waals surface area contributed by atoms with Crippen LogP contribution in [0.4, 0.5) is 10.5 Å². The summed E-state index contributed by atoms with van der Waals surface area (Å²) in [6.07, 6.45) is 1.02. The molecule has 1 aliphatic heterocycles. The molecule has 1 aliphatic rings. The van der Waals surface area contributed by atoms with Crippen molar-refractivity contribution in [3.05, 3.63) is 126 Å². The lowest BCUT2D eigenvalue weighted by atomic mass is 9.99. The Morgan fingerprint density at radius 3 is 2.17 bits per heavy atom. The number of amides is 3. The van der Waals surface area contributed by atoms with Gasteiger partial charge in [-0.15, -0.1) is 0 Å². The molecule has 3 atom stereocenters. The Morgan fingerprint density at radius 2 is 1.53 bits per heavy atom. The fourth-order valence-corrected chi connectivity index (χ4v) is 6.90. The Labute approximate surface area is 310 Å². The van der Waals surface area contributed by atoms with E-state index in [4.69, 9.17) is 4.74 Å². The monoisotopic (exact) mass is 713 g/mol. The summed E-state index contributed by atoms with van der Waals surface area (Å²) in [4.78, 5) is 60.6. The molecule has 274 valence electrons. The molecule has 2 heterocycles. The van der Waals surface area contributed by atoms with Crippen LogP contribution in [0.1, 0.15) is 62.4 Å². The zero-order valence-corrected chi connectivity index (χ0v) is 30.9. The van der Waals surface area contributed by atoms with Crippen molar-refractivity contribution in [1.29, 1.82) is 0 Å². The second kappa shape index (κ2) is 15.9. The number of ketones is 1. The van der Waals surface area contributed by atoms with Crippen LogP contribution in [0.3, 0.4) is 0 Å². The molecular weight excluding hydrogens is 667 g/mol. The third-order valence-electron chi connectivity index (χ3n) is 9.36. The normalized spacial score (nSPS) is 15.6. The highest BCUT2D eigenvalue weighted by molar-refractivity contribution is 5.98. The van der Waals surface area contributed by atoms with Crippen molar-refractivity contribution in [2.24, 2.45) is 0 Å². The number of Topliss-reactive ketones (excluding diaryl/α,β-unsaturated/α-hetero) is 1. The largest absolute Gasteiger partial charge is 0.444 e. The summed E-state index contributed by atoms with van der Waals surface area (Å²) in [6, 6.07) is 32.3. The topological polar surface area (TPSA) is 124 Å². The number of aromatic nitrogens is 1. The van der Waals surface area contributed by atoms with Gasteiger partial charge in [0.1, 0.15) is 17.7 Å². The van der Waals surface area contributed by atoms with E-state index in [9.17, 15) is 19.2 Å². The summed E-state index contributed by atoms with van der Waals surface area (Å²) in [7, 11) is 3.79. The number of carbonyl (C=O) groups is 4. The molecule has 0 spiro atoms. The van der Waals surface area contributed by atoms with Crippen molar-refractivity contribution in [3.8, 4) is 11.3 Å². The number of hydrogen-bond acceptors (Lipinski definition) is 6.